The van der Waals surface area contributed by atoms with Gasteiger partial charge in [-0.3, -0.25) is 4.90 Å². The fraction of sp³-hybridized carbons (Fsp3) is 0.625. The zero-order valence-corrected chi connectivity index (χ0v) is 12.0. The monoisotopic (exact) mass is 263 g/mol. The van der Waals surface area contributed by atoms with E-state index in [1.807, 2.05) is 12.1 Å². The number of hydrogen-bond donors (Lipinski definition) is 1. The van der Waals surface area contributed by atoms with Crippen LogP contribution in [0.2, 0.25) is 0 Å². The Morgan fingerprint density at radius 3 is 2.79 bits per heavy atom. The van der Waals surface area contributed by atoms with E-state index in [1.54, 1.807) is 0 Å². The Kier molecular flexibility index (Phi) is 5.37. The second-order valence-corrected chi connectivity index (χ2v) is 5.47. The van der Waals surface area contributed by atoms with Crippen LogP contribution in [0.15, 0.2) is 24.3 Å². The van der Waals surface area contributed by atoms with Crippen LogP contribution in [-0.4, -0.2) is 42.4 Å². The molecule has 0 saturated carbocycles. The summed E-state index contributed by atoms with van der Waals surface area (Å²) in [5.74, 6) is 0. The van der Waals surface area contributed by atoms with Crippen molar-refractivity contribution in [3.8, 4) is 0 Å². The average Bonchev–Trinajstić information content (AvgIpc) is 2.40. The van der Waals surface area contributed by atoms with Crippen molar-refractivity contribution < 1.29 is 9.84 Å². The highest BCUT2D eigenvalue weighted by atomic mass is 16.5. The van der Waals surface area contributed by atoms with Crippen molar-refractivity contribution in [1.29, 1.82) is 0 Å². The van der Waals surface area contributed by atoms with Gasteiger partial charge in [0.25, 0.3) is 0 Å². The van der Waals surface area contributed by atoms with Gasteiger partial charge in [-0.15, -0.1) is 0 Å². The number of morpholine rings is 1. The van der Waals surface area contributed by atoms with Crippen molar-refractivity contribution in [2.24, 2.45) is 0 Å². The van der Waals surface area contributed by atoms with Gasteiger partial charge < -0.3 is 9.84 Å². The number of benzene rings is 1. The third-order valence-corrected chi connectivity index (χ3v) is 3.73. The quantitative estimate of drug-likeness (QED) is 0.886. The second-order valence-electron chi connectivity index (χ2n) is 5.47. The first-order chi connectivity index (χ1) is 9.19. The van der Waals surface area contributed by atoms with Crippen LogP contribution in [0.4, 0.5) is 0 Å². The summed E-state index contributed by atoms with van der Waals surface area (Å²) in [6.45, 7) is 7.59. The van der Waals surface area contributed by atoms with Crippen LogP contribution in [0.5, 0.6) is 0 Å². The molecular weight excluding hydrogens is 238 g/mol. The summed E-state index contributed by atoms with van der Waals surface area (Å²) in [6, 6.07) is 8.14. The molecule has 0 spiro atoms. The topological polar surface area (TPSA) is 32.7 Å². The molecule has 0 aromatic heterocycles. The minimum Gasteiger partial charge on any atom is -0.387 e. The molecular formula is C16H25NO2. The number of aliphatic hydroxyl groups is 1. The van der Waals surface area contributed by atoms with Crippen molar-refractivity contribution in [3.05, 3.63) is 35.4 Å². The number of rotatable bonds is 5. The van der Waals surface area contributed by atoms with E-state index in [0.717, 1.165) is 38.1 Å². The van der Waals surface area contributed by atoms with Gasteiger partial charge in [-0.1, -0.05) is 43.2 Å². The first kappa shape index (κ1) is 14.5. The molecule has 1 aromatic carbocycles. The lowest BCUT2D eigenvalue weighted by atomic mass is 10.1. The van der Waals surface area contributed by atoms with Gasteiger partial charge in [-0.25, -0.2) is 0 Å². The number of ether oxygens (including phenoxy) is 1. The summed E-state index contributed by atoms with van der Waals surface area (Å²) in [4.78, 5) is 2.31. The van der Waals surface area contributed by atoms with Crippen LogP contribution < -0.4 is 0 Å². The van der Waals surface area contributed by atoms with Crippen molar-refractivity contribution in [1.82, 2.24) is 4.90 Å². The van der Waals surface area contributed by atoms with Gasteiger partial charge in [0, 0.05) is 19.6 Å². The van der Waals surface area contributed by atoms with Crippen molar-refractivity contribution in [3.63, 3.8) is 0 Å². The standard InChI is InChI=1S/C16H25NO2/c1-3-4-15-11-17(9-10-19-15)12-16(18)14-7-5-13(2)6-8-14/h5-8,15-16,18H,3-4,9-12H2,1-2H3. The molecule has 3 nitrogen and oxygen atoms in total. The minimum atomic E-state index is -0.402. The van der Waals surface area contributed by atoms with Crippen LogP contribution in [0, 0.1) is 6.92 Å². The maximum atomic E-state index is 10.3. The van der Waals surface area contributed by atoms with Crippen molar-refractivity contribution >= 4 is 0 Å². The number of aryl methyl sites for hydroxylation is 1. The third kappa shape index (κ3) is 4.30. The molecule has 1 aromatic rings. The molecule has 0 aliphatic carbocycles. The Morgan fingerprint density at radius 2 is 2.11 bits per heavy atom. The first-order valence-corrected chi connectivity index (χ1v) is 7.27. The minimum absolute atomic E-state index is 0.337. The summed E-state index contributed by atoms with van der Waals surface area (Å²) < 4.78 is 5.73. The summed E-state index contributed by atoms with van der Waals surface area (Å²) in [7, 11) is 0. The van der Waals surface area contributed by atoms with Crippen LogP contribution in [0.25, 0.3) is 0 Å². The smallest absolute Gasteiger partial charge is 0.0916 e. The Balaban J connectivity index is 1.87. The molecule has 19 heavy (non-hydrogen) atoms. The fourth-order valence-electron chi connectivity index (χ4n) is 2.58. The second kappa shape index (κ2) is 7.04. The van der Waals surface area contributed by atoms with Crippen LogP contribution >= 0.6 is 0 Å². The molecule has 106 valence electrons. The van der Waals surface area contributed by atoms with Gasteiger partial charge in [0.1, 0.15) is 0 Å². The summed E-state index contributed by atoms with van der Waals surface area (Å²) in [6.07, 6.45) is 2.20. The van der Waals surface area contributed by atoms with E-state index in [0.29, 0.717) is 12.6 Å². The number of nitrogens with zero attached hydrogens (tertiary/aromatic N) is 1. The molecule has 0 bridgehead atoms. The highest BCUT2D eigenvalue weighted by Gasteiger charge is 2.22. The predicted molar refractivity (Wildman–Crippen MR) is 77.2 cm³/mol. The van der Waals surface area contributed by atoms with E-state index in [2.05, 4.69) is 30.9 Å². The Labute approximate surface area is 116 Å². The summed E-state index contributed by atoms with van der Waals surface area (Å²) >= 11 is 0. The largest absolute Gasteiger partial charge is 0.387 e. The molecule has 0 amide bonds. The van der Waals surface area contributed by atoms with Gasteiger partial charge in [-0.05, 0) is 18.9 Å². The van der Waals surface area contributed by atoms with Crippen LogP contribution in [0.1, 0.15) is 37.0 Å². The zero-order valence-electron chi connectivity index (χ0n) is 12.0. The number of aliphatic hydroxyl groups excluding tert-OH is 1. The third-order valence-electron chi connectivity index (χ3n) is 3.73. The molecule has 1 N–H and O–H groups in total. The van der Waals surface area contributed by atoms with E-state index in [1.165, 1.54) is 5.56 Å². The Morgan fingerprint density at radius 1 is 1.37 bits per heavy atom. The molecule has 1 aliphatic rings. The molecule has 1 aliphatic heterocycles. The van der Waals surface area contributed by atoms with Crippen molar-refractivity contribution in [2.75, 3.05) is 26.2 Å². The molecule has 1 fully saturated rings. The summed E-state index contributed by atoms with van der Waals surface area (Å²) in [5, 5.41) is 10.3. The maximum absolute atomic E-state index is 10.3. The van der Waals surface area contributed by atoms with E-state index in [9.17, 15) is 5.11 Å². The maximum Gasteiger partial charge on any atom is 0.0916 e. The fourth-order valence-corrected chi connectivity index (χ4v) is 2.58. The SMILES string of the molecule is CCCC1CN(CC(O)c2ccc(C)cc2)CCO1. The lowest BCUT2D eigenvalue weighted by Crippen LogP contribution is -2.44. The Hall–Kier alpha value is -0.900. The number of β-amino-alcohol motifs (C(OH)–C–C–N with tert-alkyl or cyclic N) is 1. The van der Waals surface area contributed by atoms with Crippen molar-refractivity contribution in [2.45, 2.75) is 38.9 Å². The Bertz CT molecular complexity index is 375. The zero-order chi connectivity index (χ0) is 13.7. The van der Waals surface area contributed by atoms with Gasteiger partial charge >= 0.3 is 0 Å². The van der Waals surface area contributed by atoms with Gasteiger partial charge in [0.2, 0.25) is 0 Å². The number of hydrogen-bond acceptors (Lipinski definition) is 3. The van der Waals surface area contributed by atoms with E-state index in [-0.39, 0.29) is 0 Å². The molecule has 1 saturated heterocycles. The molecule has 1 heterocycles. The molecule has 3 heteroatoms. The molecule has 0 radical (unpaired) electrons. The van der Waals surface area contributed by atoms with Gasteiger partial charge in [0.15, 0.2) is 0 Å². The normalized spacial score (nSPS) is 22.4. The summed E-state index contributed by atoms with van der Waals surface area (Å²) in [5.41, 5.74) is 2.23. The molecule has 2 atom stereocenters. The first-order valence-electron chi connectivity index (χ1n) is 7.27. The van der Waals surface area contributed by atoms with E-state index < -0.39 is 6.10 Å². The lowest BCUT2D eigenvalue weighted by Gasteiger charge is -2.34. The van der Waals surface area contributed by atoms with Gasteiger partial charge in [-0.2, -0.15) is 0 Å². The lowest BCUT2D eigenvalue weighted by molar-refractivity contribution is -0.0440. The van der Waals surface area contributed by atoms with E-state index in [4.69, 9.17) is 4.74 Å². The van der Waals surface area contributed by atoms with Crippen LogP contribution in [-0.2, 0) is 4.74 Å². The van der Waals surface area contributed by atoms with Crippen LogP contribution in [0.3, 0.4) is 0 Å². The van der Waals surface area contributed by atoms with E-state index >= 15 is 0 Å². The molecule has 2 rings (SSSR count). The van der Waals surface area contributed by atoms with Gasteiger partial charge in [0.05, 0.1) is 18.8 Å². The highest BCUT2D eigenvalue weighted by Crippen LogP contribution is 2.17. The predicted octanol–water partition coefficient (Wildman–Crippen LogP) is 2.53. The highest BCUT2D eigenvalue weighted by molar-refractivity contribution is 5.23. The molecule has 2 unspecified atom stereocenters. The average molecular weight is 263 g/mol.